The average molecular weight is 338 g/mol. The molecule has 1 aliphatic rings. The normalized spacial score (nSPS) is 17.9. The first-order chi connectivity index (χ1) is 12.0. The van der Waals surface area contributed by atoms with Crippen molar-refractivity contribution in [2.24, 2.45) is 0 Å². The van der Waals surface area contributed by atoms with Crippen LogP contribution in [-0.2, 0) is 4.79 Å². The van der Waals surface area contributed by atoms with Crippen LogP contribution in [0.2, 0.25) is 0 Å². The zero-order valence-electron chi connectivity index (χ0n) is 15.2. The number of nitrogens with one attached hydrogen (secondary N) is 2. The monoisotopic (exact) mass is 338 g/mol. The summed E-state index contributed by atoms with van der Waals surface area (Å²) in [6.07, 6.45) is 5.44. The maximum atomic E-state index is 12.1. The molecule has 1 aliphatic heterocycles. The highest BCUT2D eigenvalue weighted by Gasteiger charge is 2.34. The predicted octanol–water partition coefficient (Wildman–Crippen LogP) is 4.21. The number of hydrazine groups is 1. The lowest BCUT2D eigenvalue weighted by molar-refractivity contribution is -0.116. The van der Waals surface area contributed by atoms with Gasteiger partial charge >= 0.3 is 0 Å². The van der Waals surface area contributed by atoms with Crippen molar-refractivity contribution in [1.29, 1.82) is 0 Å². The molecule has 4 nitrogen and oxygen atoms in total. The van der Waals surface area contributed by atoms with Crippen molar-refractivity contribution < 1.29 is 9.53 Å². The average Bonchev–Trinajstić information content (AvgIpc) is 2.85. The Labute approximate surface area is 149 Å². The largest absolute Gasteiger partial charge is 0.494 e. The van der Waals surface area contributed by atoms with E-state index in [1.807, 2.05) is 38.1 Å². The molecule has 0 aliphatic carbocycles. The van der Waals surface area contributed by atoms with Crippen molar-refractivity contribution in [3.05, 3.63) is 47.5 Å². The van der Waals surface area contributed by atoms with Crippen LogP contribution in [0, 0.1) is 0 Å². The van der Waals surface area contributed by atoms with Gasteiger partial charge in [0.1, 0.15) is 5.75 Å². The van der Waals surface area contributed by atoms with Gasteiger partial charge < -0.3 is 4.74 Å². The molecule has 0 bridgehead atoms. The van der Waals surface area contributed by atoms with Gasteiger partial charge in [-0.25, -0.2) is 5.43 Å². The molecule has 0 unspecified atom stereocenters. The molecule has 2 N–H and O–H groups in total. The van der Waals surface area contributed by atoms with Crippen molar-refractivity contribution in [1.82, 2.24) is 10.9 Å². The van der Waals surface area contributed by atoms with Crippen LogP contribution in [0.4, 0.5) is 0 Å². The molecule has 0 atom stereocenters. The summed E-state index contributed by atoms with van der Waals surface area (Å²) in [5, 5.41) is 2.23. The topological polar surface area (TPSA) is 50.4 Å². The van der Waals surface area contributed by atoms with E-state index in [1.165, 1.54) is 12.8 Å². The maximum Gasteiger partial charge on any atom is 0.263 e. The van der Waals surface area contributed by atoms with Gasteiger partial charge in [-0.3, -0.25) is 10.2 Å². The smallest absolute Gasteiger partial charge is 0.263 e. The Morgan fingerprint density at radius 1 is 1.16 bits per heavy atom. The second-order valence-electron chi connectivity index (χ2n) is 7.05. The number of rotatable bonds is 6. The van der Waals surface area contributed by atoms with Gasteiger partial charge in [0.15, 0.2) is 0 Å². The second kappa shape index (κ2) is 7.28. The molecule has 25 heavy (non-hydrogen) atoms. The molecule has 1 amide bonds. The van der Waals surface area contributed by atoms with Gasteiger partial charge in [0, 0.05) is 5.57 Å². The molecule has 2 aromatic carbocycles. The lowest BCUT2D eigenvalue weighted by Crippen LogP contribution is -2.38. The number of amides is 1. The Balaban J connectivity index is 1.89. The zero-order valence-corrected chi connectivity index (χ0v) is 15.2. The molecule has 0 aromatic heterocycles. The quantitative estimate of drug-likeness (QED) is 0.613. The van der Waals surface area contributed by atoms with Gasteiger partial charge in [-0.15, -0.1) is 0 Å². The van der Waals surface area contributed by atoms with Crippen LogP contribution in [0.15, 0.2) is 42.0 Å². The molecule has 4 heteroatoms. The van der Waals surface area contributed by atoms with E-state index < -0.39 is 0 Å². The molecule has 0 saturated carbocycles. The summed E-state index contributed by atoms with van der Waals surface area (Å²) in [4.78, 5) is 12.1. The SMILES string of the molecule is CCCCCOc1ccc2c(/C=C3\C(=O)NNC3(C)C)cccc2c1. The van der Waals surface area contributed by atoms with Crippen LogP contribution in [0.3, 0.4) is 0 Å². The highest BCUT2D eigenvalue weighted by Crippen LogP contribution is 2.28. The van der Waals surface area contributed by atoms with Crippen molar-refractivity contribution in [2.75, 3.05) is 6.61 Å². The summed E-state index contributed by atoms with van der Waals surface area (Å²) in [7, 11) is 0. The summed E-state index contributed by atoms with van der Waals surface area (Å²) in [5.41, 5.74) is 7.10. The number of hydrogen-bond donors (Lipinski definition) is 2. The molecular weight excluding hydrogens is 312 g/mol. The first kappa shape index (κ1) is 17.5. The third-order valence-corrected chi connectivity index (χ3v) is 4.61. The molecule has 0 radical (unpaired) electrons. The van der Waals surface area contributed by atoms with Gasteiger partial charge in [-0.1, -0.05) is 44.0 Å². The Kier molecular flexibility index (Phi) is 5.09. The summed E-state index contributed by atoms with van der Waals surface area (Å²) in [6.45, 7) is 6.92. The fraction of sp³-hybridized carbons (Fsp3) is 0.381. The number of carbonyl (C=O) groups is 1. The lowest BCUT2D eigenvalue weighted by Gasteiger charge is -2.17. The molecule has 1 heterocycles. The Bertz CT molecular complexity index is 809. The summed E-state index contributed by atoms with van der Waals surface area (Å²) < 4.78 is 5.85. The maximum absolute atomic E-state index is 12.1. The van der Waals surface area contributed by atoms with E-state index in [2.05, 4.69) is 36.0 Å². The van der Waals surface area contributed by atoms with Crippen LogP contribution in [0.25, 0.3) is 16.8 Å². The van der Waals surface area contributed by atoms with Gasteiger partial charge in [0.25, 0.3) is 5.91 Å². The van der Waals surface area contributed by atoms with E-state index in [0.717, 1.165) is 40.7 Å². The molecule has 2 aromatic rings. The van der Waals surface area contributed by atoms with Gasteiger partial charge in [0.05, 0.1) is 12.1 Å². The number of benzene rings is 2. The second-order valence-corrected chi connectivity index (χ2v) is 7.05. The fourth-order valence-electron chi connectivity index (χ4n) is 3.08. The van der Waals surface area contributed by atoms with E-state index in [0.29, 0.717) is 0 Å². The van der Waals surface area contributed by atoms with E-state index in [4.69, 9.17) is 4.74 Å². The van der Waals surface area contributed by atoms with E-state index >= 15 is 0 Å². The number of carbonyl (C=O) groups excluding carboxylic acids is 1. The first-order valence-electron chi connectivity index (χ1n) is 8.96. The minimum atomic E-state index is -0.387. The van der Waals surface area contributed by atoms with Crippen LogP contribution >= 0.6 is 0 Å². The van der Waals surface area contributed by atoms with Crippen molar-refractivity contribution in [3.8, 4) is 5.75 Å². The summed E-state index contributed by atoms with van der Waals surface area (Å²) >= 11 is 0. The van der Waals surface area contributed by atoms with Gasteiger partial charge in [-0.2, -0.15) is 0 Å². The summed E-state index contributed by atoms with van der Waals surface area (Å²) in [5.74, 6) is 0.826. The molecule has 132 valence electrons. The standard InChI is InChI=1S/C21H26N2O2/c1-4-5-6-12-25-17-10-11-18-15(13-17)8-7-9-16(18)14-19-20(24)22-23-21(19,2)3/h7-11,13-14,23H,4-6,12H2,1-3H3,(H,22,24)/b19-14+. The van der Waals surface area contributed by atoms with Crippen LogP contribution < -0.4 is 15.6 Å². The van der Waals surface area contributed by atoms with Crippen LogP contribution in [-0.4, -0.2) is 18.1 Å². The third kappa shape index (κ3) is 3.85. The predicted molar refractivity (Wildman–Crippen MR) is 102 cm³/mol. The van der Waals surface area contributed by atoms with Crippen molar-refractivity contribution in [3.63, 3.8) is 0 Å². The van der Waals surface area contributed by atoms with Gasteiger partial charge in [-0.05, 0) is 54.8 Å². The first-order valence-corrected chi connectivity index (χ1v) is 8.96. The lowest BCUT2D eigenvalue weighted by atomic mass is 9.92. The van der Waals surface area contributed by atoms with Gasteiger partial charge in [0.2, 0.25) is 0 Å². The highest BCUT2D eigenvalue weighted by molar-refractivity contribution is 6.04. The Morgan fingerprint density at radius 2 is 2.00 bits per heavy atom. The summed E-state index contributed by atoms with van der Waals surface area (Å²) in [6, 6.07) is 12.3. The van der Waals surface area contributed by atoms with Crippen LogP contribution in [0.1, 0.15) is 45.6 Å². The highest BCUT2D eigenvalue weighted by atomic mass is 16.5. The number of ether oxygens (including phenoxy) is 1. The Morgan fingerprint density at radius 3 is 2.72 bits per heavy atom. The minimum absolute atomic E-state index is 0.0714. The van der Waals surface area contributed by atoms with Crippen molar-refractivity contribution in [2.45, 2.75) is 45.6 Å². The molecular formula is C21H26N2O2. The molecule has 0 spiro atoms. The van der Waals surface area contributed by atoms with Crippen molar-refractivity contribution >= 4 is 22.8 Å². The number of hydrogen-bond acceptors (Lipinski definition) is 3. The third-order valence-electron chi connectivity index (χ3n) is 4.61. The number of unbranched alkanes of at least 4 members (excludes halogenated alkanes) is 2. The number of fused-ring (bicyclic) bond motifs is 1. The fourth-order valence-corrected chi connectivity index (χ4v) is 3.08. The molecule has 1 saturated heterocycles. The van der Waals surface area contributed by atoms with E-state index in [1.54, 1.807) is 0 Å². The minimum Gasteiger partial charge on any atom is -0.494 e. The van der Waals surface area contributed by atoms with E-state index in [-0.39, 0.29) is 11.4 Å². The Hall–Kier alpha value is -2.33. The molecule has 1 fully saturated rings. The zero-order chi connectivity index (χ0) is 17.9. The van der Waals surface area contributed by atoms with Crippen LogP contribution in [0.5, 0.6) is 5.75 Å². The van der Waals surface area contributed by atoms with E-state index in [9.17, 15) is 4.79 Å². The molecule has 3 rings (SSSR count).